The number of aromatic nitrogens is 4. The Morgan fingerprint density at radius 2 is 2.04 bits per heavy atom. The van der Waals surface area contributed by atoms with E-state index in [4.69, 9.17) is 0 Å². The van der Waals surface area contributed by atoms with Crippen LogP contribution in [-0.2, 0) is 20.0 Å². The molecule has 3 aromatic heterocycles. The molecule has 3 aromatic rings. The van der Waals surface area contributed by atoms with E-state index in [9.17, 15) is 0 Å². The molecule has 0 radical (unpaired) electrons. The van der Waals surface area contributed by atoms with Crippen LogP contribution in [0.1, 0.15) is 11.5 Å². The van der Waals surface area contributed by atoms with Gasteiger partial charge in [-0.05, 0) is 24.3 Å². The summed E-state index contributed by atoms with van der Waals surface area (Å²) in [6.07, 6.45) is 4.82. The smallest absolute Gasteiger partial charge is 0.193 e. The first-order chi connectivity index (χ1) is 11.7. The summed E-state index contributed by atoms with van der Waals surface area (Å²) in [7, 11) is 5.89. The number of nitrogens with one attached hydrogen (secondary N) is 1. The fourth-order valence-corrected chi connectivity index (χ4v) is 2.71. The van der Waals surface area contributed by atoms with Crippen molar-refractivity contribution in [3.8, 4) is 0 Å². The summed E-state index contributed by atoms with van der Waals surface area (Å²) in [6, 6.07) is 10.1. The fraction of sp³-hybridized carbons (Fsp3) is 0.353. The van der Waals surface area contributed by atoms with Crippen molar-refractivity contribution in [3.05, 3.63) is 54.2 Å². The Kier molecular flexibility index (Phi) is 6.80. The molecule has 0 bridgehead atoms. The van der Waals surface area contributed by atoms with E-state index in [1.165, 1.54) is 5.69 Å². The fourth-order valence-electron chi connectivity index (χ4n) is 2.71. The van der Waals surface area contributed by atoms with E-state index in [2.05, 4.69) is 55.4 Å². The third kappa shape index (κ3) is 4.50. The number of halogens is 1. The number of hydrogen-bond donors (Lipinski definition) is 1. The molecule has 0 atom stereocenters. The van der Waals surface area contributed by atoms with Crippen LogP contribution in [0.15, 0.2) is 47.7 Å². The molecule has 0 amide bonds. The van der Waals surface area contributed by atoms with Crippen LogP contribution in [0.4, 0.5) is 0 Å². The minimum absolute atomic E-state index is 0. The molecule has 7 nitrogen and oxygen atoms in total. The lowest BCUT2D eigenvalue weighted by molar-refractivity contribution is 0.462. The molecule has 0 aliphatic heterocycles. The predicted molar refractivity (Wildman–Crippen MR) is 110 cm³/mol. The molecule has 0 aliphatic rings. The number of hydrogen-bond acceptors (Lipinski definition) is 3. The van der Waals surface area contributed by atoms with Gasteiger partial charge in [0.25, 0.3) is 0 Å². The van der Waals surface area contributed by atoms with Crippen LogP contribution in [0.3, 0.4) is 0 Å². The van der Waals surface area contributed by atoms with Gasteiger partial charge in [-0.25, -0.2) is 0 Å². The second-order valence-electron chi connectivity index (χ2n) is 5.74. The van der Waals surface area contributed by atoms with Crippen molar-refractivity contribution in [3.63, 3.8) is 0 Å². The van der Waals surface area contributed by atoms with Crippen LogP contribution < -0.4 is 5.32 Å². The highest BCUT2D eigenvalue weighted by Crippen LogP contribution is 2.05. The Morgan fingerprint density at radius 1 is 1.20 bits per heavy atom. The van der Waals surface area contributed by atoms with Gasteiger partial charge in [-0.15, -0.1) is 34.2 Å². The van der Waals surface area contributed by atoms with Gasteiger partial charge in [0, 0.05) is 52.2 Å². The van der Waals surface area contributed by atoms with Crippen LogP contribution in [-0.4, -0.2) is 50.7 Å². The zero-order valence-electron chi connectivity index (χ0n) is 14.8. The highest BCUT2D eigenvalue weighted by Gasteiger charge is 2.09. The number of rotatable bonds is 5. The SMILES string of the molecule is CN=C(NCCc1nnc2ccccn12)N(C)Cc1cccn1C.I. The molecule has 134 valence electrons. The molecule has 0 aromatic carbocycles. The number of fused-ring (bicyclic) bond motifs is 1. The second-order valence-corrected chi connectivity index (χ2v) is 5.74. The molecule has 3 heterocycles. The minimum atomic E-state index is 0. The molecule has 25 heavy (non-hydrogen) atoms. The van der Waals surface area contributed by atoms with Crippen molar-refractivity contribution >= 4 is 35.6 Å². The summed E-state index contributed by atoms with van der Waals surface area (Å²) in [5.41, 5.74) is 2.11. The Hall–Kier alpha value is -2.10. The van der Waals surface area contributed by atoms with Gasteiger partial charge in [0.2, 0.25) is 0 Å². The quantitative estimate of drug-likeness (QED) is 0.365. The number of aryl methyl sites for hydroxylation is 1. The van der Waals surface area contributed by atoms with E-state index < -0.39 is 0 Å². The molecular formula is C17H24IN7. The Morgan fingerprint density at radius 3 is 2.76 bits per heavy atom. The van der Waals surface area contributed by atoms with Crippen LogP contribution in [0.5, 0.6) is 0 Å². The predicted octanol–water partition coefficient (Wildman–Crippen LogP) is 1.94. The molecule has 0 saturated carbocycles. The van der Waals surface area contributed by atoms with Gasteiger partial charge in [0.05, 0.1) is 6.54 Å². The average molecular weight is 453 g/mol. The molecule has 8 heteroatoms. The number of nitrogens with zero attached hydrogens (tertiary/aromatic N) is 6. The zero-order chi connectivity index (χ0) is 16.9. The van der Waals surface area contributed by atoms with Crippen molar-refractivity contribution in [1.29, 1.82) is 0 Å². The summed E-state index contributed by atoms with van der Waals surface area (Å²) in [5, 5.41) is 11.8. The maximum absolute atomic E-state index is 4.36. The van der Waals surface area contributed by atoms with Gasteiger partial charge < -0.3 is 14.8 Å². The van der Waals surface area contributed by atoms with Crippen molar-refractivity contribution in [1.82, 2.24) is 29.4 Å². The van der Waals surface area contributed by atoms with E-state index in [-0.39, 0.29) is 24.0 Å². The van der Waals surface area contributed by atoms with Crippen LogP contribution in [0.2, 0.25) is 0 Å². The minimum Gasteiger partial charge on any atom is -0.356 e. The summed E-state index contributed by atoms with van der Waals surface area (Å²) in [6.45, 7) is 1.55. The molecule has 0 spiro atoms. The van der Waals surface area contributed by atoms with E-state index >= 15 is 0 Å². The number of aliphatic imine (C=N–C) groups is 1. The topological polar surface area (TPSA) is 62.8 Å². The van der Waals surface area contributed by atoms with Crippen LogP contribution in [0.25, 0.3) is 5.65 Å². The van der Waals surface area contributed by atoms with E-state index in [0.29, 0.717) is 0 Å². The van der Waals surface area contributed by atoms with Gasteiger partial charge in [-0.1, -0.05) is 6.07 Å². The lowest BCUT2D eigenvalue weighted by Crippen LogP contribution is -2.39. The van der Waals surface area contributed by atoms with Crippen molar-refractivity contribution in [2.24, 2.45) is 12.0 Å². The first kappa shape index (κ1) is 19.2. The summed E-state index contributed by atoms with van der Waals surface area (Å²) in [4.78, 5) is 6.47. The van der Waals surface area contributed by atoms with Crippen LogP contribution >= 0.6 is 24.0 Å². The third-order valence-corrected chi connectivity index (χ3v) is 4.04. The molecule has 1 N–H and O–H groups in total. The van der Waals surface area contributed by atoms with Gasteiger partial charge >= 0.3 is 0 Å². The highest BCUT2D eigenvalue weighted by molar-refractivity contribution is 14.0. The molecule has 3 rings (SSSR count). The average Bonchev–Trinajstić information content (AvgIpc) is 3.18. The van der Waals surface area contributed by atoms with E-state index in [1.807, 2.05) is 35.8 Å². The van der Waals surface area contributed by atoms with Gasteiger partial charge in [-0.2, -0.15) is 0 Å². The molecular weight excluding hydrogens is 429 g/mol. The Bertz CT molecular complexity index is 836. The first-order valence-corrected chi connectivity index (χ1v) is 7.99. The monoisotopic (exact) mass is 453 g/mol. The first-order valence-electron chi connectivity index (χ1n) is 7.99. The van der Waals surface area contributed by atoms with Gasteiger partial charge in [-0.3, -0.25) is 9.39 Å². The third-order valence-electron chi connectivity index (χ3n) is 4.04. The molecule has 0 aliphatic carbocycles. The Labute approximate surface area is 164 Å². The van der Waals surface area contributed by atoms with Crippen molar-refractivity contribution in [2.45, 2.75) is 13.0 Å². The number of pyridine rings is 1. The van der Waals surface area contributed by atoms with E-state index in [1.54, 1.807) is 7.05 Å². The van der Waals surface area contributed by atoms with Crippen molar-refractivity contribution in [2.75, 3.05) is 20.6 Å². The molecule has 0 fully saturated rings. The largest absolute Gasteiger partial charge is 0.356 e. The summed E-state index contributed by atoms with van der Waals surface area (Å²) in [5.74, 6) is 1.81. The zero-order valence-corrected chi connectivity index (χ0v) is 17.1. The van der Waals surface area contributed by atoms with Crippen LogP contribution in [0, 0.1) is 0 Å². The Balaban J connectivity index is 0.00000225. The second kappa shape index (κ2) is 8.84. The maximum Gasteiger partial charge on any atom is 0.193 e. The maximum atomic E-state index is 4.36. The normalized spacial score (nSPS) is 11.4. The van der Waals surface area contributed by atoms with E-state index in [0.717, 1.165) is 36.9 Å². The van der Waals surface area contributed by atoms with Gasteiger partial charge in [0.1, 0.15) is 5.82 Å². The lowest BCUT2D eigenvalue weighted by Gasteiger charge is -2.22. The van der Waals surface area contributed by atoms with Gasteiger partial charge in [0.15, 0.2) is 11.6 Å². The summed E-state index contributed by atoms with van der Waals surface area (Å²) >= 11 is 0. The van der Waals surface area contributed by atoms with Crippen molar-refractivity contribution < 1.29 is 0 Å². The lowest BCUT2D eigenvalue weighted by atomic mass is 10.3. The standard InChI is InChI=1S/C17H23N7.HI/c1-18-17(23(3)13-14-7-6-11-22(14)2)19-10-9-16-21-20-15-8-4-5-12-24(15)16;/h4-8,11-12H,9-10,13H2,1-3H3,(H,18,19);1H. The summed E-state index contributed by atoms with van der Waals surface area (Å²) < 4.78 is 4.13. The molecule has 0 unspecified atom stereocenters. The molecule has 0 saturated heterocycles. The highest BCUT2D eigenvalue weighted by atomic mass is 127. The number of guanidine groups is 1.